The Morgan fingerprint density at radius 1 is 1.47 bits per heavy atom. The molecule has 0 saturated carbocycles. The van der Waals surface area contributed by atoms with E-state index in [4.69, 9.17) is 9.84 Å². The first-order valence-electron chi connectivity index (χ1n) is 5.88. The van der Waals surface area contributed by atoms with Crippen LogP contribution in [0.4, 0.5) is 4.39 Å². The van der Waals surface area contributed by atoms with Crippen LogP contribution in [-0.4, -0.2) is 42.1 Å². The molecule has 0 unspecified atom stereocenters. The lowest BCUT2D eigenvalue weighted by molar-refractivity contribution is -0.141. The number of methoxy groups -OCH3 is 1. The van der Waals surface area contributed by atoms with Crippen molar-refractivity contribution in [3.63, 3.8) is 0 Å². The van der Waals surface area contributed by atoms with Gasteiger partial charge in [0.15, 0.2) is 0 Å². The number of aliphatic carboxylic acids is 1. The Balaban J connectivity index is 2.21. The minimum absolute atomic E-state index is 0.119. The van der Waals surface area contributed by atoms with Crippen LogP contribution in [0.25, 0.3) is 0 Å². The summed E-state index contributed by atoms with van der Waals surface area (Å²) in [4.78, 5) is 24.5. The Morgan fingerprint density at radius 2 is 2.21 bits per heavy atom. The molecule has 6 heteroatoms. The zero-order chi connectivity index (χ0) is 14.0. The second-order valence-corrected chi connectivity index (χ2v) is 4.42. The van der Waals surface area contributed by atoms with Crippen LogP contribution in [0.15, 0.2) is 18.2 Å². The number of carbonyl (C=O) groups excluding carboxylic acids is 1. The first-order valence-corrected chi connectivity index (χ1v) is 5.88. The molecular formula is C13H14FNO4. The highest BCUT2D eigenvalue weighted by Crippen LogP contribution is 2.24. The number of benzene rings is 1. The zero-order valence-corrected chi connectivity index (χ0v) is 10.4. The fourth-order valence-corrected chi connectivity index (χ4v) is 2.16. The number of carbonyl (C=O) groups is 2. The molecule has 0 aliphatic carbocycles. The number of carboxylic acids is 1. The van der Waals surface area contributed by atoms with E-state index in [1.54, 1.807) is 0 Å². The molecule has 0 spiro atoms. The molecule has 1 amide bonds. The molecule has 1 heterocycles. The Bertz CT molecular complexity index is 517. The molecule has 0 bridgehead atoms. The zero-order valence-electron chi connectivity index (χ0n) is 10.4. The van der Waals surface area contributed by atoms with Crippen LogP contribution in [0.3, 0.4) is 0 Å². The van der Waals surface area contributed by atoms with Crippen molar-refractivity contribution < 1.29 is 23.8 Å². The van der Waals surface area contributed by atoms with Crippen LogP contribution in [0.2, 0.25) is 0 Å². The third kappa shape index (κ3) is 2.67. The van der Waals surface area contributed by atoms with Crippen molar-refractivity contribution in [2.45, 2.75) is 6.42 Å². The third-order valence-electron chi connectivity index (χ3n) is 3.22. The molecule has 1 N–H and O–H groups in total. The molecule has 1 saturated heterocycles. The maximum atomic E-state index is 13.2. The molecule has 1 aliphatic heterocycles. The van der Waals surface area contributed by atoms with Crippen molar-refractivity contribution >= 4 is 11.9 Å². The van der Waals surface area contributed by atoms with Crippen molar-refractivity contribution in [3.05, 3.63) is 29.6 Å². The van der Waals surface area contributed by atoms with Crippen LogP contribution in [0, 0.1) is 11.7 Å². The Labute approximate surface area is 109 Å². The second kappa shape index (κ2) is 5.26. The average Bonchev–Trinajstić information content (AvgIpc) is 2.87. The van der Waals surface area contributed by atoms with Gasteiger partial charge < -0.3 is 14.7 Å². The monoisotopic (exact) mass is 267 g/mol. The lowest BCUT2D eigenvalue weighted by atomic mass is 10.1. The summed E-state index contributed by atoms with van der Waals surface area (Å²) in [6.45, 7) is 0.503. The first-order chi connectivity index (χ1) is 9.02. The number of halogens is 1. The first kappa shape index (κ1) is 13.3. The summed E-state index contributed by atoms with van der Waals surface area (Å²) in [6, 6.07) is 3.70. The highest BCUT2D eigenvalue weighted by atomic mass is 19.1. The predicted octanol–water partition coefficient (Wildman–Crippen LogP) is 1.38. The number of hydrogen-bond donors (Lipinski definition) is 1. The van der Waals surface area contributed by atoms with E-state index in [2.05, 4.69) is 0 Å². The molecule has 5 nitrogen and oxygen atoms in total. The fraction of sp³-hybridized carbons (Fsp3) is 0.385. The Morgan fingerprint density at radius 3 is 2.79 bits per heavy atom. The van der Waals surface area contributed by atoms with Gasteiger partial charge in [0.05, 0.1) is 18.6 Å². The molecule has 1 fully saturated rings. The smallest absolute Gasteiger partial charge is 0.308 e. The van der Waals surface area contributed by atoms with E-state index >= 15 is 0 Å². The van der Waals surface area contributed by atoms with Crippen molar-refractivity contribution in [1.82, 2.24) is 4.90 Å². The van der Waals surface area contributed by atoms with E-state index in [1.165, 1.54) is 24.1 Å². The van der Waals surface area contributed by atoms with Gasteiger partial charge in [-0.05, 0) is 24.6 Å². The molecule has 1 atom stereocenters. The van der Waals surface area contributed by atoms with Crippen LogP contribution in [-0.2, 0) is 4.79 Å². The summed E-state index contributed by atoms with van der Waals surface area (Å²) in [7, 11) is 1.40. The number of ether oxygens (including phenoxy) is 1. The number of hydrogen-bond acceptors (Lipinski definition) is 3. The molecule has 1 aromatic rings. The van der Waals surface area contributed by atoms with Gasteiger partial charge in [-0.25, -0.2) is 4.39 Å². The Kier molecular flexibility index (Phi) is 3.69. The molecule has 0 radical (unpaired) electrons. The lowest BCUT2D eigenvalue weighted by Crippen LogP contribution is -2.30. The number of likely N-dealkylation sites (tertiary alicyclic amines) is 1. The summed E-state index contributed by atoms with van der Waals surface area (Å²) < 4.78 is 18.2. The van der Waals surface area contributed by atoms with Gasteiger partial charge in [0.1, 0.15) is 11.6 Å². The molecule has 19 heavy (non-hydrogen) atoms. The maximum Gasteiger partial charge on any atom is 0.308 e. The normalized spacial score (nSPS) is 18.4. The van der Waals surface area contributed by atoms with Crippen molar-refractivity contribution in [3.8, 4) is 5.75 Å². The minimum Gasteiger partial charge on any atom is -0.496 e. The number of rotatable bonds is 3. The SMILES string of the molecule is COc1ccc(F)cc1C(=O)N1CC[C@H](C(=O)O)C1. The molecular weight excluding hydrogens is 253 g/mol. The molecule has 102 valence electrons. The average molecular weight is 267 g/mol. The molecule has 1 aromatic carbocycles. The van der Waals surface area contributed by atoms with Gasteiger partial charge in [-0.15, -0.1) is 0 Å². The van der Waals surface area contributed by atoms with E-state index in [9.17, 15) is 14.0 Å². The van der Waals surface area contributed by atoms with Crippen molar-refractivity contribution in [1.29, 1.82) is 0 Å². The van der Waals surface area contributed by atoms with Gasteiger partial charge in [0, 0.05) is 13.1 Å². The van der Waals surface area contributed by atoms with E-state index in [0.29, 0.717) is 13.0 Å². The Hall–Kier alpha value is -2.11. The number of nitrogens with zero attached hydrogens (tertiary/aromatic N) is 1. The van der Waals surface area contributed by atoms with E-state index in [-0.39, 0.29) is 17.9 Å². The maximum absolute atomic E-state index is 13.2. The van der Waals surface area contributed by atoms with Crippen molar-refractivity contribution in [2.24, 2.45) is 5.92 Å². The van der Waals surface area contributed by atoms with Gasteiger partial charge in [0.2, 0.25) is 0 Å². The quantitative estimate of drug-likeness (QED) is 0.898. The highest BCUT2D eigenvalue weighted by molar-refractivity contribution is 5.97. The summed E-state index contributed by atoms with van der Waals surface area (Å²) in [5.41, 5.74) is 0.119. The predicted molar refractivity (Wildman–Crippen MR) is 64.6 cm³/mol. The minimum atomic E-state index is -0.915. The van der Waals surface area contributed by atoms with Crippen LogP contribution < -0.4 is 4.74 Å². The molecule has 0 aromatic heterocycles. The van der Waals surface area contributed by atoms with Gasteiger partial charge in [-0.3, -0.25) is 9.59 Å². The van der Waals surface area contributed by atoms with Crippen LogP contribution >= 0.6 is 0 Å². The summed E-state index contributed by atoms with van der Waals surface area (Å²) >= 11 is 0. The van der Waals surface area contributed by atoms with Gasteiger partial charge in [-0.1, -0.05) is 0 Å². The van der Waals surface area contributed by atoms with Crippen molar-refractivity contribution in [2.75, 3.05) is 20.2 Å². The van der Waals surface area contributed by atoms with Gasteiger partial charge in [0.25, 0.3) is 5.91 Å². The van der Waals surface area contributed by atoms with Gasteiger partial charge >= 0.3 is 5.97 Å². The topological polar surface area (TPSA) is 66.8 Å². The molecule has 2 rings (SSSR count). The fourth-order valence-electron chi connectivity index (χ4n) is 2.16. The van der Waals surface area contributed by atoms with Crippen LogP contribution in [0.1, 0.15) is 16.8 Å². The standard InChI is InChI=1S/C13H14FNO4/c1-19-11-3-2-9(14)6-10(11)12(16)15-5-4-8(7-15)13(17)18/h2-3,6,8H,4-5,7H2,1H3,(H,17,18)/t8-/m0/s1. The number of amides is 1. The second-order valence-electron chi connectivity index (χ2n) is 4.42. The third-order valence-corrected chi connectivity index (χ3v) is 3.22. The summed E-state index contributed by atoms with van der Waals surface area (Å²) in [6.07, 6.45) is 0.415. The molecule has 1 aliphatic rings. The lowest BCUT2D eigenvalue weighted by Gasteiger charge is -2.17. The largest absolute Gasteiger partial charge is 0.496 e. The summed E-state index contributed by atoms with van der Waals surface area (Å²) in [5, 5.41) is 8.91. The number of carboxylic acid groups (broad SMARTS) is 1. The van der Waals surface area contributed by atoms with E-state index in [1.807, 2.05) is 0 Å². The van der Waals surface area contributed by atoms with E-state index < -0.39 is 23.6 Å². The summed E-state index contributed by atoms with van der Waals surface area (Å²) in [5.74, 6) is -2.12. The van der Waals surface area contributed by atoms with E-state index in [0.717, 1.165) is 6.07 Å². The van der Waals surface area contributed by atoms with Crippen LogP contribution in [0.5, 0.6) is 5.75 Å². The van der Waals surface area contributed by atoms with Gasteiger partial charge in [-0.2, -0.15) is 0 Å². The highest BCUT2D eigenvalue weighted by Gasteiger charge is 2.32.